The van der Waals surface area contributed by atoms with Crippen LogP contribution in [0.15, 0.2) is 50.9 Å². The highest BCUT2D eigenvalue weighted by Gasteiger charge is 2.07. The Morgan fingerprint density at radius 3 is 2.88 bits per heavy atom. The predicted molar refractivity (Wildman–Crippen MR) is 75.4 cm³/mol. The quantitative estimate of drug-likeness (QED) is 0.921. The van der Waals surface area contributed by atoms with Gasteiger partial charge in [0.15, 0.2) is 0 Å². The standard InChI is InChI=1S/C12H10BrClN2S/c13-9-3-4-11(8(6-9)7-15)17-12-10(14)2-1-5-16-12/h1-6H,7,15H2. The molecule has 0 bridgehead atoms. The second-order valence-corrected chi connectivity index (χ2v) is 5.70. The van der Waals surface area contributed by atoms with Gasteiger partial charge < -0.3 is 5.73 Å². The summed E-state index contributed by atoms with van der Waals surface area (Å²) in [6.45, 7) is 0.492. The van der Waals surface area contributed by atoms with E-state index in [-0.39, 0.29) is 0 Å². The van der Waals surface area contributed by atoms with Crippen LogP contribution in [0.5, 0.6) is 0 Å². The summed E-state index contributed by atoms with van der Waals surface area (Å²) in [7, 11) is 0. The Kier molecular flexibility index (Phi) is 4.45. The van der Waals surface area contributed by atoms with Crippen molar-refractivity contribution in [1.82, 2.24) is 4.98 Å². The summed E-state index contributed by atoms with van der Waals surface area (Å²) in [6, 6.07) is 9.66. The molecule has 1 aromatic heterocycles. The highest BCUT2D eigenvalue weighted by Crippen LogP contribution is 2.34. The molecule has 0 unspecified atom stereocenters. The van der Waals surface area contributed by atoms with Crippen molar-refractivity contribution in [2.75, 3.05) is 0 Å². The molecule has 2 aromatic rings. The normalized spacial score (nSPS) is 10.5. The van der Waals surface area contributed by atoms with Gasteiger partial charge in [-0.3, -0.25) is 0 Å². The van der Waals surface area contributed by atoms with Gasteiger partial charge in [0.25, 0.3) is 0 Å². The third-order valence-corrected chi connectivity index (χ3v) is 4.22. The molecule has 0 radical (unpaired) electrons. The SMILES string of the molecule is NCc1cc(Br)ccc1Sc1ncccc1Cl. The summed E-state index contributed by atoms with van der Waals surface area (Å²) in [5, 5.41) is 1.45. The summed E-state index contributed by atoms with van der Waals surface area (Å²) in [6.07, 6.45) is 1.73. The van der Waals surface area contributed by atoms with Crippen molar-refractivity contribution in [3.8, 4) is 0 Å². The summed E-state index contributed by atoms with van der Waals surface area (Å²) in [4.78, 5) is 5.33. The summed E-state index contributed by atoms with van der Waals surface area (Å²) < 4.78 is 1.02. The Morgan fingerprint density at radius 2 is 2.18 bits per heavy atom. The lowest BCUT2D eigenvalue weighted by atomic mass is 10.2. The van der Waals surface area contributed by atoms with Crippen molar-refractivity contribution in [1.29, 1.82) is 0 Å². The minimum Gasteiger partial charge on any atom is -0.326 e. The number of rotatable bonds is 3. The van der Waals surface area contributed by atoms with Crippen molar-refractivity contribution in [2.24, 2.45) is 5.73 Å². The van der Waals surface area contributed by atoms with Gasteiger partial charge in [0.1, 0.15) is 5.03 Å². The summed E-state index contributed by atoms with van der Waals surface area (Å²) in [5.41, 5.74) is 6.80. The third-order valence-electron chi connectivity index (χ3n) is 2.17. The molecule has 0 fully saturated rings. The van der Waals surface area contributed by atoms with E-state index in [9.17, 15) is 0 Å². The van der Waals surface area contributed by atoms with E-state index in [0.717, 1.165) is 20.0 Å². The average molecular weight is 330 g/mol. The van der Waals surface area contributed by atoms with Crippen LogP contribution in [0.1, 0.15) is 5.56 Å². The van der Waals surface area contributed by atoms with Crippen LogP contribution < -0.4 is 5.73 Å². The maximum absolute atomic E-state index is 6.08. The first-order valence-corrected chi connectivity index (χ1v) is 6.96. The number of benzene rings is 1. The van der Waals surface area contributed by atoms with Crippen molar-refractivity contribution >= 4 is 39.3 Å². The van der Waals surface area contributed by atoms with Crippen molar-refractivity contribution < 1.29 is 0 Å². The summed E-state index contributed by atoms with van der Waals surface area (Å²) in [5.74, 6) is 0. The zero-order valence-corrected chi connectivity index (χ0v) is 12.0. The Labute approximate surface area is 118 Å². The number of aromatic nitrogens is 1. The Bertz CT molecular complexity index is 534. The number of pyridine rings is 1. The van der Waals surface area contributed by atoms with Crippen LogP contribution in [0.2, 0.25) is 5.02 Å². The van der Waals surface area contributed by atoms with Crippen LogP contribution in [0.25, 0.3) is 0 Å². The molecule has 5 heteroatoms. The zero-order valence-electron chi connectivity index (χ0n) is 8.86. The van der Waals surface area contributed by atoms with E-state index in [2.05, 4.69) is 20.9 Å². The largest absolute Gasteiger partial charge is 0.326 e. The molecular weight excluding hydrogens is 320 g/mol. The van der Waals surface area contributed by atoms with Crippen LogP contribution in [0.4, 0.5) is 0 Å². The van der Waals surface area contributed by atoms with Gasteiger partial charge in [-0.05, 0) is 35.9 Å². The number of hydrogen-bond acceptors (Lipinski definition) is 3. The van der Waals surface area contributed by atoms with E-state index < -0.39 is 0 Å². The zero-order chi connectivity index (χ0) is 12.3. The highest BCUT2D eigenvalue weighted by atomic mass is 79.9. The fourth-order valence-electron chi connectivity index (χ4n) is 1.36. The maximum Gasteiger partial charge on any atom is 0.119 e. The first kappa shape index (κ1) is 12.9. The maximum atomic E-state index is 6.08. The predicted octanol–water partition coefficient (Wildman–Crippen LogP) is 4.11. The van der Waals surface area contributed by atoms with Crippen LogP contribution >= 0.6 is 39.3 Å². The molecule has 17 heavy (non-hydrogen) atoms. The minimum atomic E-state index is 0.492. The van der Waals surface area contributed by atoms with Crippen molar-refractivity contribution in [2.45, 2.75) is 16.5 Å². The molecule has 0 aliphatic heterocycles. The number of nitrogens with two attached hydrogens (primary N) is 1. The fourth-order valence-corrected chi connectivity index (χ4v) is 2.90. The van der Waals surface area contributed by atoms with E-state index in [4.69, 9.17) is 17.3 Å². The molecular formula is C12H10BrClN2S. The van der Waals surface area contributed by atoms with E-state index in [0.29, 0.717) is 11.6 Å². The number of hydrogen-bond donors (Lipinski definition) is 1. The second-order valence-electron chi connectivity index (χ2n) is 3.35. The molecule has 2 N–H and O–H groups in total. The lowest BCUT2D eigenvalue weighted by molar-refractivity contribution is 1.02. The second kappa shape index (κ2) is 5.87. The van der Waals surface area contributed by atoms with Crippen molar-refractivity contribution in [3.63, 3.8) is 0 Å². The molecule has 2 nitrogen and oxygen atoms in total. The molecule has 0 amide bonds. The average Bonchev–Trinajstić information content (AvgIpc) is 2.34. The van der Waals surface area contributed by atoms with E-state index in [1.165, 1.54) is 11.8 Å². The van der Waals surface area contributed by atoms with Crippen molar-refractivity contribution in [3.05, 3.63) is 51.6 Å². The van der Waals surface area contributed by atoms with E-state index >= 15 is 0 Å². The van der Waals surface area contributed by atoms with Gasteiger partial charge in [0.2, 0.25) is 0 Å². The third kappa shape index (κ3) is 3.22. The molecule has 0 saturated carbocycles. The molecule has 0 saturated heterocycles. The highest BCUT2D eigenvalue weighted by molar-refractivity contribution is 9.10. The minimum absolute atomic E-state index is 0.492. The van der Waals surface area contributed by atoms with Gasteiger partial charge >= 0.3 is 0 Å². The van der Waals surface area contributed by atoms with E-state index in [1.807, 2.05) is 30.3 Å². The fraction of sp³-hybridized carbons (Fsp3) is 0.0833. The molecule has 0 aliphatic rings. The lowest BCUT2D eigenvalue weighted by Gasteiger charge is -2.08. The van der Waals surface area contributed by atoms with Crippen LogP contribution in [0, 0.1) is 0 Å². The topological polar surface area (TPSA) is 38.9 Å². The van der Waals surface area contributed by atoms with Crippen LogP contribution in [-0.4, -0.2) is 4.98 Å². The van der Waals surface area contributed by atoms with Gasteiger partial charge in [0, 0.05) is 22.1 Å². The van der Waals surface area contributed by atoms with Gasteiger partial charge in [-0.25, -0.2) is 4.98 Å². The van der Waals surface area contributed by atoms with Gasteiger partial charge in [0.05, 0.1) is 5.02 Å². The number of nitrogens with zero attached hydrogens (tertiary/aromatic N) is 1. The molecule has 88 valence electrons. The van der Waals surface area contributed by atoms with Gasteiger partial charge in [-0.2, -0.15) is 0 Å². The van der Waals surface area contributed by atoms with E-state index in [1.54, 1.807) is 6.20 Å². The first-order chi connectivity index (χ1) is 8.20. The molecule has 0 aliphatic carbocycles. The lowest BCUT2D eigenvalue weighted by Crippen LogP contribution is -1.98. The molecule has 0 atom stereocenters. The monoisotopic (exact) mass is 328 g/mol. The van der Waals surface area contributed by atoms with Gasteiger partial charge in [-0.15, -0.1) is 0 Å². The Morgan fingerprint density at radius 1 is 1.35 bits per heavy atom. The van der Waals surface area contributed by atoms with Gasteiger partial charge in [-0.1, -0.05) is 39.3 Å². The smallest absolute Gasteiger partial charge is 0.119 e. The Hall–Kier alpha value is -0.550. The molecule has 1 aromatic carbocycles. The molecule has 2 rings (SSSR count). The summed E-state index contributed by atoms with van der Waals surface area (Å²) >= 11 is 11.0. The number of halogens is 2. The van der Waals surface area contributed by atoms with Crippen LogP contribution in [0.3, 0.4) is 0 Å². The molecule has 1 heterocycles. The molecule has 0 spiro atoms. The van der Waals surface area contributed by atoms with Crippen LogP contribution in [-0.2, 0) is 6.54 Å². The Balaban J connectivity index is 2.33. The first-order valence-electron chi connectivity index (χ1n) is 4.97.